The smallest absolute Gasteiger partial charge is 0.245 e. The van der Waals surface area contributed by atoms with Crippen molar-refractivity contribution in [2.45, 2.75) is 37.8 Å². The first-order valence-corrected chi connectivity index (χ1v) is 10.3. The van der Waals surface area contributed by atoms with E-state index in [0.717, 1.165) is 37.2 Å². The Morgan fingerprint density at radius 3 is 2.46 bits per heavy atom. The van der Waals surface area contributed by atoms with Crippen molar-refractivity contribution in [2.75, 3.05) is 32.1 Å². The first kappa shape index (κ1) is 22.8. The topological polar surface area (TPSA) is 61.4 Å². The Labute approximate surface area is 167 Å². The van der Waals surface area contributed by atoms with E-state index in [9.17, 15) is 9.59 Å². The van der Waals surface area contributed by atoms with Gasteiger partial charge in [0.15, 0.2) is 0 Å². The van der Waals surface area contributed by atoms with Crippen molar-refractivity contribution in [1.29, 1.82) is 0 Å². The summed E-state index contributed by atoms with van der Waals surface area (Å²) >= 11 is 1.70. The fourth-order valence-electron chi connectivity index (χ4n) is 3.13. The zero-order chi connectivity index (χ0) is 18.1. The molecule has 146 valence electrons. The van der Waals surface area contributed by atoms with E-state index in [1.54, 1.807) is 11.8 Å². The third-order valence-corrected chi connectivity index (χ3v) is 5.31. The van der Waals surface area contributed by atoms with Gasteiger partial charge in [-0.25, -0.2) is 0 Å². The molecule has 1 aliphatic rings. The van der Waals surface area contributed by atoms with E-state index < -0.39 is 6.04 Å². The molecule has 7 heteroatoms. The Kier molecular flexibility index (Phi) is 10.7. The third-order valence-electron chi connectivity index (χ3n) is 4.67. The van der Waals surface area contributed by atoms with E-state index in [0.29, 0.717) is 18.9 Å². The molecule has 1 saturated heterocycles. The zero-order valence-corrected chi connectivity index (χ0v) is 17.2. The lowest BCUT2D eigenvalue weighted by molar-refractivity contribution is -0.137. The number of thioether (sulfide) groups is 1. The molecule has 1 atom stereocenters. The summed E-state index contributed by atoms with van der Waals surface area (Å²) in [5, 5.41) is 6.24. The molecule has 0 radical (unpaired) electrons. The molecule has 0 bridgehead atoms. The number of hydrogen-bond donors (Lipinski definition) is 2. The number of hydrogen-bond acceptors (Lipinski definition) is 4. The Morgan fingerprint density at radius 2 is 1.88 bits per heavy atom. The standard InChI is InChI=1S/C19H29N3O2S.ClH/c1-20-16-8-11-22(12-9-16)19(24)17(10-13-25-2)21-18(23)14-15-6-4-3-5-7-15;/h3-7,16-17,20H,8-14H2,1-2H3,(H,21,23);1H. The highest BCUT2D eigenvalue weighted by molar-refractivity contribution is 7.98. The van der Waals surface area contributed by atoms with Gasteiger partial charge in [-0.15, -0.1) is 12.4 Å². The number of benzene rings is 1. The minimum absolute atomic E-state index is 0. The summed E-state index contributed by atoms with van der Waals surface area (Å²) in [6.45, 7) is 1.52. The van der Waals surface area contributed by atoms with Crippen LogP contribution in [0.2, 0.25) is 0 Å². The molecule has 0 saturated carbocycles. The van der Waals surface area contributed by atoms with Crippen molar-refractivity contribution >= 4 is 36.0 Å². The number of likely N-dealkylation sites (tertiary alicyclic amines) is 1. The minimum atomic E-state index is -0.421. The molecule has 2 N–H and O–H groups in total. The van der Waals surface area contributed by atoms with Gasteiger partial charge in [0.05, 0.1) is 6.42 Å². The van der Waals surface area contributed by atoms with Gasteiger partial charge in [-0.3, -0.25) is 9.59 Å². The summed E-state index contributed by atoms with van der Waals surface area (Å²) in [6.07, 6.45) is 4.94. The number of piperidine rings is 1. The van der Waals surface area contributed by atoms with Crippen LogP contribution in [0.1, 0.15) is 24.8 Å². The van der Waals surface area contributed by atoms with Crippen molar-refractivity contribution < 1.29 is 9.59 Å². The van der Waals surface area contributed by atoms with E-state index in [1.165, 1.54) is 0 Å². The molecule has 26 heavy (non-hydrogen) atoms. The molecule has 0 aliphatic carbocycles. The lowest BCUT2D eigenvalue weighted by atomic mass is 10.0. The van der Waals surface area contributed by atoms with Gasteiger partial charge in [0, 0.05) is 19.1 Å². The third kappa shape index (κ3) is 7.17. The van der Waals surface area contributed by atoms with Crippen molar-refractivity contribution in [3.63, 3.8) is 0 Å². The summed E-state index contributed by atoms with van der Waals surface area (Å²) in [5.74, 6) is 0.829. The fourth-order valence-corrected chi connectivity index (χ4v) is 3.60. The summed E-state index contributed by atoms with van der Waals surface area (Å²) in [7, 11) is 1.97. The van der Waals surface area contributed by atoms with E-state index in [4.69, 9.17) is 0 Å². The quantitative estimate of drug-likeness (QED) is 0.702. The number of nitrogens with zero attached hydrogens (tertiary/aromatic N) is 1. The zero-order valence-electron chi connectivity index (χ0n) is 15.6. The highest BCUT2D eigenvalue weighted by atomic mass is 35.5. The molecule has 1 aromatic rings. The molecule has 0 aromatic heterocycles. The van der Waals surface area contributed by atoms with Gasteiger partial charge in [0.2, 0.25) is 11.8 Å². The van der Waals surface area contributed by atoms with Crippen LogP contribution in [0.5, 0.6) is 0 Å². The number of carbonyl (C=O) groups is 2. The van der Waals surface area contributed by atoms with Crippen LogP contribution in [0.4, 0.5) is 0 Å². The minimum Gasteiger partial charge on any atom is -0.344 e. The van der Waals surface area contributed by atoms with Crippen LogP contribution in [-0.4, -0.2) is 60.9 Å². The van der Waals surface area contributed by atoms with Crippen molar-refractivity contribution in [2.24, 2.45) is 0 Å². The van der Waals surface area contributed by atoms with E-state index in [-0.39, 0.29) is 24.2 Å². The second kappa shape index (κ2) is 12.2. The number of carbonyl (C=O) groups excluding carboxylic acids is 2. The van der Waals surface area contributed by atoms with Crippen LogP contribution in [0.3, 0.4) is 0 Å². The van der Waals surface area contributed by atoms with Crippen molar-refractivity contribution in [1.82, 2.24) is 15.5 Å². The number of amides is 2. The average molecular weight is 400 g/mol. The first-order chi connectivity index (χ1) is 12.1. The second-order valence-electron chi connectivity index (χ2n) is 6.45. The summed E-state index contributed by atoms with van der Waals surface area (Å²) in [4.78, 5) is 27.1. The molecular formula is C19H30ClN3O2S. The molecule has 1 unspecified atom stereocenters. The summed E-state index contributed by atoms with van der Waals surface area (Å²) in [6, 6.07) is 9.70. The van der Waals surface area contributed by atoms with Gasteiger partial charge in [0.25, 0.3) is 0 Å². The Balaban J connectivity index is 0.00000338. The molecule has 1 heterocycles. The van der Waals surface area contributed by atoms with Gasteiger partial charge < -0.3 is 15.5 Å². The van der Waals surface area contributed by atoms with Crippen LogP contribution < -0.4 is 10.6 Å². The number of rotatable bonds is 8. The monoisotopic (exact) mass is 399 g/mol. The summed E-state index contributed by atoms with van der Waals surface area (Å²) < 4.78 is 0. The maximum Gasteiger partial charge on any atom is 0.245 e. The molecular weight excluding hydrogens is 370 g/mol. The summed E-state index contributed by atoms with van der Waals surface area (Å²) in [5.41, 5.74) is 0.964. The first-order valence-electron chi connectivity index (χ1n) is 8.92. The molecule has 1 aromatic carbocycles. The van der Waals surface area contributed by atoms with Gasteiger partial charge in [-0.2, -0.15) is 11.8 Å². The van der Waals surface area contributed by atoms with Gasteiger partial charge in [-0.05, 0) is 43.9 Å². The van der Waals surface area contributed by atoms with Crippen molar-refractivity contribution in [3.8, 4) is 0 Å². The second-order valence-corrected chi connectivity index (χ2v) is 7.44. The van der Waals surface area contributed by atoms with Gasteiger partial charge >= 0.3 is 0 Å². The maximum atomic E-state index is 12.9. The molecule has 1 aliphatic heterocycles. The van der Waals surface area contributed by atoms with Crippen LogP contribution in [0.15, 0.2) is 30.3 Å². The Bertz CT molecular complexity index is 551. The van der Waals surface area contributed by atoms with E-state index in [1.807, 2.05) is 48.5 Å². The van der Waals surface area contributed by atoms with Crippen LogP contribution in [-0.2, 0) is 16.0 Å². The molecule has 1 fully saturated rings. The lowest BCUT2D eigenvalue weighted by Gasteiger charge is -2.34. The predicted molar refractivity (Wildman–Crippen MR) is 111 cm³/mol. The number of nitrogens with one attached hydrogen (secondary N) is 2. The lowest BCUT2D eigenvalue weighted by Crippen LogP contribution is -2.52. The average Bonchev–Trinajstić information content (AvgIpc) is 2.65. The van der Waals surface area contributed by atoms with Gasteiger partial charge in [-0.1, -0.05) is 30.3 Å². The normalized spacial score (nSPS) is 15.8. The largest absolute Gasteiger partial charge is 0.344 e. The predicted octanol–water partition coefficient (Wildman–Crippen LogP) is 2.10. The van der Waals surface area contributed by atoms with Gasteiger partial charge in [0.1, 0.15) is 6.04 Å². The van der Waals surface area contributed by atoms with E-state index in [2.05, 4.69) is 10.6 Å². The Hall–Kier alpha value is -1.24. The van der Waals surface area contributed by atoms with E-state index >= 15 is 0 Å². The molecule has 5 nitrogen and oxygen atoms in total. The number of halogens is 1. The van der Waals surface area contributed by atoms with Crippen LogP contribution in [0, 0.1) is 0 Å². The highest BCUT2D eigenvalue weighted by Crippen LogP contribution is 2.13. The fraction of sp³-hybridized carbons (Fsp3) is 0.579. The van der Waals surface area contributed by atoms with Crippen molar-refractivity contribution in [3.05, 3.63) is 35.9 Å². The molecule has 2 rings (SSSR count). The van der Waals surface area contributed by atoms with Crippen LogP contribution in [0.25, 0.3) is 0 Å². The molecule has 2 amide bonds. The highest BCUT2D eigenvalue weighted by Gasteiger charge is 2.28. The SMILES string of the molecule is CNC1CCN(C(=O)C(CCSC)NC(=O)Cc2ccccc2)CC1.Cl. The molecule has 0 spiro atoms. The Morgan fingerprint density at radius 1 is 1.23 bits per heavy atom. The van der Waals surface area contributed by atoms with Crippen LogP contribution >= 0.6 is 24.2 Å². The maximum absolute atomic E-state index is 12.9.